The highest BCUT2D eigenvalue weighted by Gasteiger charge is 2.42. The summed E-state index contributed by atoms with van der Waals surface area (Å²) in [5.74, 6) is -0.180. The molecule has 6 rings (SSSR count). The molecule has 0 aliphatic carbocycles. The monoisotopic (exact) mass is 514 g/mol. The zero-order valence-electron chi connectivity index (χ0n) is 20.8. The molecule has 0 radical (unpaired) electrons. The average molecular weight is 515 g/mol. The van der Waals surface area contributed by atoms with Gasteiger partial charge in [-0.3, -0.25) is 14.5 Å². The molecule has 1 atom stereocenters. The summed E-state index contributed by atoms with van der Waals surface area (Å²) in [6.45, 7) is 4.35. The van der Waals surface area contributed by atoms with Gasteiger partial charge in [-0.2, -0.15) is 0 Å². The van der Waals surface area contributed by atoms with Crippen LogP contribution in [0.1, 0.15) is 33.3 Å². The lowest BCUT2D eigenvalue weighted by molar-refractivity contribution is 0.0314. The first-order valence-electron chi connectivity index (χ1n) is 12.7. The van der Waals surface area contributed by atoms with E-state index in [0.29, 0.717) is 38.7 Å². The predicted molar refractivity (Wildman–Crippen MR) is 140 cm³/mol. The topological polar surface area (TPSA) is 72.2 Å². The van der Waals surface area contributed by atoms with Crippen molar-refractivity contribution in [1.29, 1.82) is 0 Å². The van der Waals surface area contributed by atoms with Gasteiger partial charge in [0.15, 0.2) is 5.43 Å². The highest BCUT2D eigenvalue weighted by Crippen LogP contribution is 2.38. The predicted octanol–water partition coefficient (Wildman–Crippen LogP) is 4.39. The van der Waals surface area contributed by atoms with Gasteiger partial charge in [0.05, 0.1) is 30.2 Å². The Hall–Kier alpha value is -4.01. The molecule has 194 valence electrons. The Morgan fingerprint density at radius 3 is 2.45 bits per heavy atom. The number of amides is 1. The zero-order valence-corrected chi connectivity index (χ0v) is 20.8. The van der Waals surface area contributed by atoms with Crippen molar-refractivity contribution in [2.45, 2.75) is 12.6 Å². The van der Waals surface area contributed by atoms with Gasteiger partial charge in [-0.25, -0.2) is 4.39 Å². The maximum atomic E-state index is 14.0. The molecule has 0 bridgehead atoms. The summed E-state index contributed by atoms with van der Waals surface area (Å²) >= 11 is 0. The van der Waals surface area contributed by atoms with E-state index in [1.165, 1.54) is 18.2 Å². The van der Waals surface area contributed by atoms with Crippen molar-refractivity contribution in [1.82, 2.24) is 9.80 Å². The molecule has 0 spiro atoms. The lowest BCUT2D eigenvalue weighted by atomic mass is 9.98. The minimum Gasteiger partial charge on any atom is -0.489 e. The SMILES string of the molecule is O=C1c2oc3ccc(F)cc3c(=O)c2C(c2ccc(OCc3ccccc3)cc2)N1CCN1CCOCC1. The normalized spacial score (nSPS) is 17.7. The second-order valence-electron chi connectivity index (χ2n) is 9.51. The van der Waals surface area contributed by atoms with Crippen molar-refractivity contribution < 1.29 is 23.1 Å². The lowest BCUT2D eigenvalue weighted by Gasteiger charge is -2.31. The molecule has 7 nitrogen and oxygen atoms in total. The number of ether oxygens (including phenoxy) is 2. The Kier molecular flexibility index (Phi) is 6.66. The van der Waals surface area contributed by atoms with E-state index in [-0.39, 0.29) is 28.2 Å². The fourth-order valence-electron chi connectivity index (χ4n) is 5.13. The van der Waals surface area contributed by atoms with Gasteiger partial charge in [-0.05, 0) is 41.5 Å². The molecule has 1 saturated heterocycles. The van der Waals surface area contributed by atoms with E-state index >= 15 is 0 Å². The van der Waals surface area contributed by atoms with Gasteiger partial charge < -0.3 is 18.8 Å². The van der Waals surface area contributed by atoms with E-state index < -0.39 is 17.3 Å². The summed E-state index contributed by atoms with van der Waals surface area (Å²) < 4.78 is 31.3. The van der Waals surface area contributed by atoms with E-state index in [9.17, 15) is 14.0 Å². The third-order valence-electron chi connectivity index (χ3n) is 7.13. The first-order valence-corrected chi connectivity index (χ1v) is 12.7. The number of rotatable bonds is 7. The largest absolute Gasteiger partial charge is 0.489 e. The number of fused-ring (bicyclic) bond motifs is 2. The number of nitrogens with zero attached hydrogens (tertiary/aromatic N) is 2. The molecule has 4 aromatic rings. The van der Waals surface area contributed by atoms with Crippen LogP contribution in [-0.4, -0.2) is 55.1 Å². The van der Waals surface area contributed by atoms with Crippen molar-refractivity contribution in [3.05, 3.63) is 111 Å². The summed E-state index contributed by atoms with van der Waals surface area (Å²) in [5, 5.41) is 0.124. The molecule has 8 heteroatoms. The standard InChI is InChI=1S/C30H27FN2O5/c31-22-8-11-25-24(18-22)28(34)26-27(21-6-9-23(10-7-21)37-19-20-4-2-1-3-5-20)33(30(35)29(26)38-25)13-12-32-14-16-36-17-15-32/h1-11,18,27H,12-17,19H2. The second kappa shape index (κ2) is 10.4. The molecule has 3 heterocycles. The molecule has 2 aliphatic rings. The van der Waals surface area contributed by atoms with Crippen LogP contribution in [0, 0.1) is 5.82 Å². The number of halogens is 1. The van der Waals surface area contributed by atoms with Crippen molar-refractivity contribution >= 4 is 16.9 Å². The van der Waals surface area contributed by atoms with Crippen molar-refractivity contribution in [2.24, 2.45) is 0 Å². The third-order valence-corrected chi connectivity index (χ3v) is 7.13. The number of hydrogen-bond donors (Lipinski definition) is 0. The maximum Gasteiger partial charge on any atom is 0.290 e. The van der Waals surface area contributed by atoms with E-state index in [2.05, 4.69) is 4.90 Å². The summed E-state index contributed by atoms with van der Waals surface area (Å²) in [6, 6.07) is 20.4. The van der Waals surface area contributed by atoms with Crippen molar-refractivity contribution in [3.63, 3.8) is 0 Å². The molecule has 2 aliphatic heterocycles. The van der Waals surface area contributed by atoms with Crippen LogP contribution >= 0.6 is 0 Å². The Labute approximate surface area is 219 Å². The van der Waals surface area contributed by atoms with Gasteiger partial charge >= 0.3 is 0 Å². The lowest BCUT2D eigenvalue weighted by Crippen LogP contribution is -2.42. The summed E-state index contributed by atoms with van der Waals surface area (Å²) in [4.78, 5) is 31.1. The van der Waals surface area contributed by atoms with Crippen LogP contribution in [-0.2, 0) is 11.3 Å². The molecule has 1 fully saturated rings. The van der Waals surface area contributed by atoms with Crippen molar-refractivity contribution in [2.75, 3.05) is 39.4 Å². The molecule has 38 heavy (non-hydrogen) atoms. The van der Waals surface area contributed by atoms with Crippen LogP contribution in [0.2, 0.25) is 0 Å². The molecular formula is C30H27FN2O5. The molecular weight excluding hydrogens is 487 g/mol. The van der Waals surface area contributed by atoms with Gasteiger partial charge in [0.1, 0.15) is 23.8 Å². The van der Waals surface area contributed by atoms with Crippen LogP contribution in [0.25, 0.3) is 11.0 Å². The molecule has 1 aromatic heterocycles. The highest BCUT2D eigenvalue weighted by molar-refractivity contribution is 5.99. The smallest absolute Gasteiger partial charge is 0.290 e. The Morgan fingerprint density at radius 1 is 0.921 bits per heavy atom. The second-order valence-corrected chi connectivity index (χ2v) is 9.51. The van der Waals surface area contributed by atoms with Gasteiger partial charge in [0.2, 0.25) is 5.76 Å². The molecule has 3 aromatic carbocycles. The molecule has 0 N–H and O–H groups in total. The van der Waals surface area contributed by atoms with Gasteiger partial charge in [0, 0.05) is 26.2 Å². The number of carbonyl (C=O) groups excluding carboxylic acids is 1. The van der Waals surface area contributed by atoms with E-state index in [1.54, 1.807) is 4.90 Å². The summed E-state index contributed by atoms with van der Waals surface area (Å²) in [7, 11) is 0. The molecule has 1 unspecified atom stereocenters. The number of hydrogen-bond acceptors (Lipinski definition) is 6. The minimum atomic E-state index is -0.648. The maximum absolute atomic E-state index is 14.0. The Balaban J connectivity index is 1.34. The fourth-order valence-corrected chi connectivity index (χ4v) is 5.13. The van der Waals surface area contributed by atoms with Gasteiger partial charge in [-0.1, -0.05) is 42.5 Å². The fraction of sp³-hybridized carbons (Fsp3) is 0.267. The van der Waals surface area contributed by atoms with Crippen LogP contribution in [0.4, 0.5) is 4.39 Å². The van der Waals surface area contributed by atoms with E-state index in [0.717, 1.165) is 24.2 Å². The van der Waals surface area contributed by atoms with Crippen molar-refractivity contribution in [3.8, 4) is 5.75 Å². The quantitative estimate of drug-likeness (QED) is 0.364. The number of morpholine rings is 1. The van der Waals surface area contributed by atoms with Gasteiger partial charge in [-0.15, -0.1) is 0 Å². The van der Waals surface area contributed by atoms with E-state index in [1.807, 2.05) is 54.6 Å². The van der Waals surface area contributed by atoms with Crippen LogP contribution in [0.5, 0.6) is 5.75 Å². The summed E-state index contributed by atoms with van der Waals surface area (Å²) in [6.07, 6.45) is 0. The van der Waals surface area contributed by atoms with Crippen LogP contribution in [0.15, 0.2) is 82.0 Å². The summed E-state index contributed by atoms with van der Waals surface area (Å²) in [5.41, 5.74) is 1.86. The minimum absolute atomic E-state index is 0.0190. The third kappa shape index (κ3) is 4.68. The average Bonchev–Trinajstić information content (AvgIpc) is 3.24. The first-order chi connectivity index (χ1) is 18.6. The first kappa shape index (κ1) is 24.3. The van der Waals surface area contributed by atoms with Gasteiger partial charge in [0.25, 0.3) is 5.91 Å². The van der Waals surface area contributed by atoms with Crippen LogP contribution in [0.3, 0.4) is 0 Å². The Bertz CT molecular complexity index is 1510. The number of benzene rings is 3. The number of carbonyl (C=O) groups is 1. The Morgan fingerprint density at radius 2 is 1.68 bits per heavy atom. The van der Waals surface area contributed by atoms with E-state index in [4.69, 9.17) is 13.9 Å². The molecule has 1 amide bonds. The zero-order chi connectivity index (χ0) is 26.1. The highest BCUT2D eigenvalue weighted by atomic mass is 19.1. The molecule has 0 saturated carbocycles. The van der Waals surface area contributed by atoms with Crippen LogP contribution < -0.4 is 10.2 Å².